The zero-order valence-electron chi connectivity index (χ0n) is 13.4. The fraction of sp³-hybridized carbons (Fsp3) is 0.235. The highest BCUT2D eigenvalue weighted by Crippen LogP contribution is 2.35. The predicted molar refractivity (Wildman–Crippen MR) is 102 cm³/mol. The Morgan fingerprint density at radius 3 is 2.92 bits per heavy atom. The van der Waals surface area contributed by atoms with Crippen LogP contribution in [0.5, 0.6) is 0 Å². The number of carbonyl (C=O) groups excluding carboxylic acids is 1. The van der Waals surface area contributed by atoms with Crippen molar-refractivity contribution in [2.24, 2.45) is 0 Å². The minimum absolute atomic E-state index is 0.00355. The highest BCUT2D eigenvalue weighted by molar-refractivity contribution is 7.23. The van der Waals surface area contributed by atoms with E-state index in [1.165, 1.54) is 9.75 Å². The van der Waals surface area contributed by atoms with E-state index in [0.717, 1.165) is 23.7 Å². The molecule has 1 saturated heterocycles. The van der Waals surface area contributed by atoms with Gasteiger partial charge in [-0.05, 0) is 29.6 Å². The molecule has 1 fully saturated rings. The number of hydrogen-bond acceptors (Lipinski definition) is 6. The number of amides is 2. The van der Waals surface area contributed by atoms with E-state index in [0.29, 0.717) is 19.0 Å². The van der Waals surface area contributed by atoms with Gasteiger partial charge in [0.1, 0.15) is 0 Å². The molecule has 2 N–H and O–H groups in total. The van der Waals surface area contributed by atoms with Gasteiger partial charge in [-0.25, -0.2) is 14.8 Å². The molecule has 0 bridgehead atoms. The first kappa shape index (κ1) is 16.0. The molecule has 4 heterocycles. The van der Waals surface area contributed by atoms with Crippen LogP contribution in [0, 0.1) is 0 Å². The molecule has 1 aliphatic heterocycles. The van der Waals surface area contributed by atoms with Crippen LogP contribution in [0.2, 0.25) is 0 Å². The highest BCUT2D eigenvalue weighted by Gasteiger charge is 2.18. The second kappa shape index (κ2) is 7.20. The zero-order valence-corrected chi connectivity index (χ0v) is 15.1. The molecule has 25 heavy (non-hydrogen) atoms. The minimum atomic E-state index is -0.00355. The fourth-order valence-corrected chi connectivity index (χ4v) is 4.45. The van der Waals surface area contributed by atoms with Gasteiger partial charge in [-0.2, -0.15) is 0 Å². The molecule has 4 rings (SSSR count). The molecule has 0 radical (unpaired) electrons. The minimum Gasteiger partial charge on any atom is -0.352 e. The first-order valence-electron chi connectivity index (χ1n) is 8.03. The molecular weight excluding hydrogens is 354 g/mol. The lowest BCUT2D eigenvalue weighted by Gasteiger charge is -2.14. The summed E-state index contributed by atoms with van der Waals surface area (Å²) in [5.41, 5.74) is 0.907. The van der Waals surface area contributed by atoms with Gasteiger partial charge in [0, 0.05) is 42.1 Å². The van der Waals surface area contributed by atoms with Crippen molar-refractivity contribution in [2.45, 2.75) is 0 Å². The quantitative estimate of drug-likeness (QED) is 0.697. The lowest BCUT2D eigenvalue weighted by Crippen LogP contribution is -2.32. The van der Waals surface area contributed by atoms with Crippen molar-refractivity contribution in [1.82, 2.24) is 20.2 Å². The van der Waals surface area contributed by atoms with Crippen molar-refractivity contribution < 1.29 is 4.79 Å². The van der Waals surface area contributed by atoms with Gasteiger partial charge >= 0.3 is 6.03 Å². The monoisotopic (exact) mass is 371 g/mol. The Kier molecular flexibility index (Phi) is 4.62. The second-order valence-corrected chi connectivity index (χ2v) is 7.58. The first-order chi connectivity index (χ1) is 12.3. The molecule has 0 aromatic carbocycles. The van der Waals surface area contributed by atoms with E-state index in [9.17, 15) is 4.79 Å². The van der Waals surface area contributed by atoms with E-state index in [1.807, 2.05) is 6.07 Å². The van der Waals surface area contributed by atoms with Crippen LogP contribution in [0.1, 0.15) is 0 Å². The van der Waals surface area contributed by atoms with E-state index in [-0.39, 0.29) is 6.03 Å². The van der Waals surface area contributed by atoms with Crippen molar-refractivity contribution in [3.63, 3.8) is 0 Å². The van der Waals surface area contributed by atoms with Gasteiger partial charge in [0.25, 0.3) is 0 Å². The molecular formula is C17H17N5OS2. The average Bonchev–Trinajstić information content (AvgIpc) is 3.37. The third-order valence-corrected chi connectivity index (χ3v) is 6.06. The SMILES string of the molecule is O=C1NCCN1CCNc1nccc(-c2ccc(-c3cccs3)s2)n1. The average molecular weight is 371 g/mol. The fourth-order valence-electron chi connectivity index (χ4n) is 2.63. The largest absolute Gasteiger partial charge is 0.352 e. The van der Waals surface area contributed by atoms with Crippen LogP contribution in [0.4, 0.5) is 10.7 Å². The van der Waals surface area contributed by atoms with Crippen LogP contribution in [0.15, 0.2) is 41.9 Å². The summed E-state index contributed by atoms with van der Waals surface area (Å²) in [5, 5.41) is 8.08. The standard InChI is InChI=1S/C17H17N5OS2/c23-17-20-8-10-22(17)9-7-19-16-18-6-5-12(21-16)13-3-4-15(25-13)14-2-1-11-24-14/h1-6,11H,7-10H2,(H,20,23)(H,18,19,21). The van der Waals surface area contributed by atoms with Crippen molar-refractivity contribution in [3.8, 4) is 20.3 Å². The Balaban J connectivity index is 1.42. The first-order valence-corrected chi connectivity index (χ1v) is 9.73. The van der Waals surface area contributed by atoms with E-state index < -0.39 is 0 Å². The molecule has 0 unspecified atom stereocenters. The Hall–Kier alpha value is -2.45. The van der Waals surface area contributed by atoms with Crippen LogP contribution in [-0.4, -0.2) is 47.1 Å². The lowest BCUT2D eigenvalue weighted by atomic mass is 10.3. The summed E-state index contributed by atoms with van der Waals surface area (Å²) >= 11 is 3.47. The predicted octanol–water partition coefficient (Wildman–Crippen LogP) is 3.37. The maximum absolute atomic E-state index is 11.5. The highest BCUT2D eigenvalue weighted by atomic mass is 32.1. The number of thiophene rings is 2. The number of carbonyl (C=O) groups is 1. The molecule has 2 amide bonds. The number of anilines is 1. The van der Waals surface area contributed by atoms with Gasteiger partial charge in [0.15, 0.2) is 0 Å². The molecule has 3 aromatic heterocycles. The maximum atomic E-state index is 11.5. The summed E-state index contributed by atoms with van der Waals surface area (Å²) in [4.78, 5) is 25.8. The van der Waals surface area contributed by atoms with Crippen LogP contribution in [-0.2, 0) is 0 Å². The third-order valence-electron chi connectivity index (χ3n) is 3.89. The third kappa shape index (κ3) is 3.64. The summed E-state index contributed by atoms with van der Waals surface area (Å²) in [5.74, 6) is 0.586. The van der Waals surface area contributed by atoms with Gasteiger partial charge in [0.05, 0.1) is 10.6 Å². The van der Waals surface area contributed by atoms with Crippen molar-refractivity contribution >= 4 is 34.7 Å². The van der Waals surface area contributed by atoms with Gasteiger partial charge in [-0.15, -0.1) is 22.7 Å². The lowest BCUT2D eigenvalue weighted by molar-refractivity contribution is 0.219. The summed E-state index contributed by atoms with van der Waals surface area (Å²) in [6, 6.07) is 10.3. The second-order valence-electron chi connectivity index (χ2n) is 5.55. The Labute approximate surface area is 153 Å². The van der Waals surface area contributed by atoms with Crippen LogP contribution in [0.25, 0.3) is 20.3 Å². The van der Waals surface area contributed by atoms with Crippen molar-refractivity contribution in [2.75, 3.05) is 31.5 Å². The Bertz CT molecular complexity index is 862. The molecule has 0 saturated carbocycles. The van der Waals surface area contributed by atoms with Gasteiger partial charge in [0.2, 0.25) is 5.95 Å². The normalized spacial score (nSPS) is 13.9. The Morgan fingerprint density at radius 1 is 1.20 bits per heavy atom. The molecule has 0 atom stereocenters. The molecule has 8 heteroatoms. The van der Waals surface area contributed by atoms with Crippen molar-refractivity contribution in [1.29, 1.82) is 0 Å². The summed E-state index contributed by atoms with van der Waals surface area (Å²) < 4.78 is 0. The summed E-state index contributed by atoms with van der Waals surface area (Å²) in [6.45, 7) is 2.74. The summed E-state index contributed by atoms with van der Waals surface area (Å²) in [7, 11) is 0. The summed E-state index contributed by atoms with van der Waals surface area (Å²) in [6.07, 6.45) is 1.76. The van der Waals surface area contributed by atoms with E-state index in [1.54, 1.807) is 33.8 Å². The number of rotatable bonds is 6. The molecule has 1 aliphatic rings. The van der Waals surface area contributed by atoms with Gasteiger partial charge in [-0.3, -0.25) is 0 Å². The zero-order chi connectivity index (χ0) is 17.1. The number of aromatic nitrogens is 2. The molecule has 128 valence electrons. The number of nitrogens with zero attached hydrogens (tertiary/aromatic N) is 3. The number of hydrogen-bond donors (Lipinski definition) is 2. The Morgan fingerprint density at radius 2 is 2.12 bits per heavy atom. The molecule has 0 aliphatic carbocycles. The van der Waals surface area contributed by atoms with Gasteiger partial charge in [-0.1, -0.05) is 6.07 Å². The smallest absolute Gasteiger partial charge is 0.317 e. The van der Waals surface area contributed by atoms with Gasteiger partial charge < -0.3 is 15.5 Å². The number of urea groups is 1. The van der Waals surface area contributed by atoms with Crippen molar-refractivity contribution in [3.05, 3.63) is 41.9 Å². The van der Waals surface area contributed by atoms with Crippen LogP contribution in [0.3, 0.4) is 0 Å². The van der Waals surface area contributed by atoms with Crippen LogP contribution < -0.4 is 10.6 Å². The molecule has 3 aromatic rings. The maximum Gasteiger partial charge on any atom is 0.317 e. The van der Waals surface area contributed by atoms with E-state index in [2.05, 4.69) is 50.2 Å². The van der Waals surface area contributed by atoms with Crippen LogP contribution >= 0.6 is 22.7 Å². The topological polar surface area (TPSA) is 70.2 Å². The molecule has 0 spiro atoms. The van der Waals surface area contributed by atoms with E-state index >= 15 is 0 Å². The number of nitrogens with one attached hydrogen (secondary N) is 2. The molecule has 6 nitrogen and oxygen atoms in total. The van der Waals surface area contributed by atoms with E-state index in [4.69, 9.17) is 0 Å².